The number of benzene rings is 1. The number of Topliss-reactive ketones (excluding diaryl/α,β-unsaturated/α-hetero) is 2. The van der Waals surface area contributed by atoms with Gasteiger partial charge in [0.25, 0.3) is 0 Å². The van der Waals surface area contributed by atoms with Gasteiger partial charge in [-0.3, -0.25) is 9.59 Å². The number of hydrogen-bond acceptors (Lipinski definition) is 3. The minimum Gasteiger partial charge on any atom is -0.494 e. The van der Waals surface area contributed by atoms with E-state index in [-0.39, 0.29) is 17.5 Å². The first-order valence-corrected chi connectivity index (χ1v) is 11.4. The van der Waals surface area contributed by atoms with Gasteiger partial charge >= 0.3 is 0 Å². The van der Waals surface area contributed by atoms with Gasteiger partial charge in [-0.05, 0) is 80.9 Å². The van der Waals surface area contributed by atoms with Crippen LogP contribution in [-0.4, -0.2) is 18.2 Å². The Bertz CT molecular complexity index is 640. The summed E-state index contributed by atoms with van der Waals surface area (Å²) in [6.07, 6.45) is 9.85. The Morgan fingerprint density at radius 3 is 2.25 bits per heavy atom. The quantitative estimate of drug-likeness (QED) is 0.508. The summed E-state index contributed by atoms with van der Waals surface area (Å²) in [7, 11) is 0. The zero-order chi connectivity index (χ0) is 19.9. The Kier molecular flexibility index (Phi) is 7.70. The third-order valence-corrected chi connectivity index (χ3v) is 6.83. The molecule has 3 rings (SSSR count). The Morgan fingerprint density at radius 1 is 0.964 bits per heavy atom. The summed E-state index contributed by atoms with van der Waals surface area (Å²) in [6, 6.07) is 8.51. The summed E-state index contributed by atoms with van der Waals surface area (Å²) in [4.78, 5) is 25.2. The van der Waals surface area contributed by atoms with Crippen LogP contribution in [0.25, 0.3) is 0 Å². The maximum Gasteiger partial charge on any atom is 0.143 e. The van der Waals surface area contributed by atoms with Crippen molar-refractivity contribution >= 4 is 11.6 Å². The van der Waals surface area contributed by atoms with Gasteiger partial charge in [-0.15, -0.1) is 0 Å². The highest BCUT2D eigenvalue weighted by Gasteiger charge is 2.34. The minimum atomic E-state index is -0.295. The average Bonchev–Trinajstić information content (AvgIpc) is 2.70. The monoisotopic (exact) mass is 384 g/mol. The molecule has 0 aromatic heterocycles. The number of carbonyl (C=O) groups excluding carboxylic acids is 2. The summed E-state index contributed by atoms with van der Waals surface area (Å²) in [5.41, 5.74) is 1.39. The first-order valence-electron chi connectivity index (χ1n) is 11.4. The zero-order valence-corrected chi connectivity index (χ0v) is 17.6. The fraction of sp³-hybridized carbons (Fsp3) is 0.680. The van der Waals surface area contributed by atoms with Gasteiger partial charge in [0.15, 0.2) is 0 Å². The van der Waals surface area contributed by atoms with Crippen molar-refractivity contribution in [1.82, 2.24) is 0 Å². The Balaban J connectivity index is 1.45. The molecule has 0 bridgehead atoms. The molecule has 28 heavy (non-hydrogen) atoms. The van der Waals surface area contributed by atoms with Crippen molar-refractivity contribution in [3.05, 3.63) is 29.8 Å². The second-order valence-electron chi connectivity index (χ2n) is 8.85. The predicted molar refractivity (Wildman–Crippen MR) is 113 cm³/mol. The van der Waals surface area contributed by atoms with Crippen LogP contribution in [0, 0.1) is 17.8 Å². The van der Waals surface area contributed by atoms with Crippen molar-refractivity contribution in [3.63, 3.8) is 0 Å². The van der Waals surface area contributed by atoms with E-state index in [0.29, 0.717) is 37.2 Å². The second kappa shape index (κ2) is 10.2. The van der Waals surface area contributed by atoms with Gasteiger partial charge in [0, 0.05) is 12.8 Å². The van der Waals surface area contributed by atoms with Gasteiger partial charge in [0.2, 0.25) is 0 Å². The van der Waals surface area contributed by atoms with Crippen LogP contribution in [0.1, 0.15) is 89.5 Å². The van der Waals surface area contributed by atoms with E-state index in [1.807, 2.05) is 6.92 Å². The fourth-order valence-electron chi connectivity index (χ4n) is 5.22. The van der Waals surface area contributed by atoms with E-state index in [0.717, 1.165) is 57.1 Å². The molecule has 1 aromatic rings. The van der Waals surface area contributed by atoms with Crippen molar-refractivity contribution in [2.45, 2.75) is 84.0 Å². The van der Waals surface area contributed by atoms with Crippen molar-refractivity contribution in [1.29, 1.82) is 0 Å². The van der Waals surface area contributed by atoms with E-state index in [4.69, 9.17) is 4.74 Å². The highest BCUT2D eigenvalue weighted by molar-refractivity contribution is 6.02. The van der Waals surface area contributed by atoms with E-state index in [2.05, 4.69) is 31.2 Å². The lowest BCUT2D eigenvalue weighted by atomic mass is 9.73. The van der Waals surface area contributed by atoms with Crippen LogP contribution >= 0.6 is 0 Å². The smallest absolute Gasteiger partial charge is 0.143 e. The molecule has 0 amide bonds. The zero-order valence-electron chi connectivity index (χ0n) is 17.6. The molecule has 154 valence electrons. The van der Waals surface area contributed by atoms with Crippen LogP contribution in [-0.2, 0) is 9.59 Å². The highest BCUT2D eigenvalue weighted by Crippen LogP contribution is 2.39. The molecule has 0 heterocycles. The van der Waals surface area contributed by atoms with E-state index < -0.39 is 0 Å². The molecule has 0 saturated heterocycles. The molecule has 2 unspecified atom stereocenters. The van der Waals surface area contributed by atoms with E-state index in [1.165, 1.54) is 5.56 Å². The molecule has 0 aliphatic heterocycles. The standard InChI is InChI=1S/C25H36O3/c1-3-5-18-8-15-23(24(26)16-18)25(27)17-19-6-9-20(10-7-19)21-11-13-22(14-12-21)28-4-2/h11-14,18-20,23H,3-10,15-17H2,1-2H3. The maximum absolute atomic E-state index is 12.8. The molecular weight excluding hydrogens is 348 g/mol. The highest BCUT2D eigenvalue weighted by atomic mass is 16.5. The minimum absolute atomic E-state index is 0.220. The van der Waals surface area contributed by atoms with Crippen LogP contribution in [0.5, 0.6) is 5.75 Å². The Labute approximate surface area is 170 Å². The molecule has 0 radical (unpaired) electrons. The van der Waals surface area contributed by atoms with Gasteiger partial charge in [-0.1, -0.05) is 31.9 Å². The Hall–Kier alpha value is -1.64. The summed E-state index contributed by atoms with van der Waals surface area (Å²) in [6.45, 7) is 4.87. The summed E-state index contributed by atoms with van der Waals surface area (Å²) < 4.78 is 5.53. The van der Waals surface area contributed by atoms with Crippen molar-refractivity contribution in [2.24, 2.45) is 17.8 Å². The largest absolute Gasteiger partial charge is 0.494 e. The lowest BCUT2D eigenvalue weighted by Gasteiger charge is -2.31. The van der Waals surface area contributed by atoms with Crippen molar-refractivity contribution in [3.8, 4) is 5.75 Å². The van der Waals surface area contributed by atoms with Crippen LogP contribution < -0.4 is 4.74 Å². The first kappa shape index (κ1) is 21.1. The molecule has 0 spiro atoms. The third kappa shape index (κ3) is 5.46. The first-order chi connectivity index (χ1) is 13.6. The normalized spacial score (nSPS) is 28.1. The number of hydrogen-bond donors (Lipinski definition) is 0. The topological polar surface area (TPSA) is 43.4 Å². The van der Waals surface area contributed by atoms with E-state index in [9.17, 15) is 9.59 Å². The van der Waals surface area contributed by atoms with E-state index >= 15 is 0 Å². The third-order valence-electron chi connectivity index (χ3n) is 6.83. The lowest BCUT2D eigenvalue weighted by Crippen LogP contribution is -2.32. The van der Waals surface area contributed by atoms with Gasteiger partial charge in [0.05, 0.1) is 12.5 Å². The summed E-state index contributed by atoms with van der Waals surface area (Å²) in [5, 5.41) is 0. The molecule has 2 fully saturated rings. The molecule has 2 aliphatic carbocycles. The molecule has 2 saturated carbocycles. The van der Waals surface area contributed by atoms with Crippen molar-refractivity contribution < 1.29 is 14.3 Å². The summed E-state index contributed by atoms with van der Waals surface area (Å²) >= 11 is 0. The van der Waals surface area contributed by atoms with Crippen LogP contribution in [0.2, 0.25) is 0 Å². The van der Waals surface area contributed by atoms with Gasteiger partial charge in [-0.25, -0.2) is 0 Å². The van der Waals surface area contributed by atoms with Crippen LogP contribution in [0.3, 0.4) is 0 Å². The summed E-state index contributed by atoms with van der Waals surface area (Å²) in [5.74, 6) is 2.66. The molecule has 1 aromatic carbocycles. The molecular formula is C25H36O3. The van der Waals surface area contributed by atoms with Crippen LogP contribution in [0.4, 0.5) is 0 Å². The van der Waals surface area contributed by atoms with Gasteiger partial charge in [0.1, 0.15) is 17.3 Å². The van der Waals surface area contributed by atoms with Gasteiger partial charge in [-0.2, -0.15) is 0 Å². The molecule has 3 nitrogen and oxygen atoms in total. The SMILES string of the molecule is CCCC1CCC(C(=O)CC2CCC(c3ccc(OCC)cc3)CC2)C(=O)C1. The molecule has 0 N–H and O–H groups in total. The Morgan fingerprint density at radius 2 is 1.64 bits per heavy atom. The second-order valence-corrected chi connectivity index (χ2v) is 8.85. The maximum atomic E-state index is 12.8. The fourth-order valence-corrected chi connectivity index (χ4v) is 5.22. The lowest BCUT2D eigenvalue weighted by molar-refractivity contribution is -0.136. The number of ether oxygens (including phenoxy) is 1. The average molecular weight is 385 g/mol. The predicted octanol–water partition coefficient (Wildman–Crippen LogP) is 6.10. The number of rotatable bonds is 8. The molecule has 2 aliphatic rings. The van der Waals surface area contributed by atoms with Crippen molar-refractivity contribution in [2.75, 3.05) is 6.61 Å². The van der Waals surface area contributed by atoms with Crippen LogP contribution in [0.15, 0.2) is 24.3 Å². The number of carbonyl (C=O) groups is 2. The molecule has 3 heteroatoms. The van der Waals surface area contributed by atoms with Gasteiger partial charge < -0.3 is 4.74 Å². The van der Waals surface area contributed by atoms with E-state index in [1.54, 1.807) is 0 Å². The number of ketones is 2. The molecule has 2 atom stereocenters.